The second-order valence-corrected chi connectivity index (χ2v) is 4.36. The van der Waals surface area contributed by atoms with E-state index in [2.05, 4.69) is 6.58 Å². The molecule has 5 nitrogen and oxygen atoms in total. The van der Waals surface area contributed by atoms with E-state index < -0.39 is 11.9 Å². The Hall–Kier alpha value is -2.14. The van der Waals surface area contributed by atoms with Crippen molar-refractivity contribution in [3.05, 3.63) is 48.0 Å². The Morgan fingerprint density at radius 3 is 2.00 bits per heavy atom. The minimum Gasteiger partial charge on any atom is -0.462 e. The van der Waals surface area contributed by atoms with Gasteiger partial charge in [-0.05, 0) is 43.5 Å². The lowest BCUT2D eigenvalue weighted by molar-refractivity contribution is 0.0485. The second-order valence-electron chi connectivity index (χ2n) is 4.36. The highest BCUT2D eigenvalue weighted by Gasteiger charge is 2.10. The summed E-state index contributed by atoms with van der Waals surface area (Å²) in [6, 6.07) is 6.11. The van der Waals surface area contributed by atoms with E-state index in [4.69, 9.17) is 14.6 Å². The van der Waals surface area contributed by atoms with Crippen molar-refractivity contribution >= 4 is 11.9 Å². The highest BCUT2D eigenvalue weighted by molar-refractivity contribution is 5.93. The molecule has 0 heterocycles. The molecule has 0 unspecified atom stereocenters. The van der Waals surface area contributed by atoms with Crippen LogP contribution in [0, 0.1) is 0 Å². The summed E-state index contributed by atoms with van der Waals surface area (Å²) in [5.41, 5.74) is 0.762. The molecule has 0 aliphatic heterocycles. The van der Waals surface area contributed by atoms with Crippen molar-refractivity contribution in [3.8, 4) is 0 Å². The summed E-state index contributed by atoms with van der Waals surface area (Å²) >= 11 is 0. The summed E-state index contributed by atoms with van der Waals surface area (Å²) in [6.07, 6.45) is 3.49. The number of carbonyl (C=O) groups is 2. The topological polar surface area (TPSA) is 72.8 Å². The molecule has 0 aliphatic carbocycles. The number of aliphatic hydroxyl groups is 1. The maximum Gasteiger partial charge on any atom is 0.338 e. The van der Waals surface area contributed by atoms with Crippen molar-refractivity contribution in [2.75, 3.05) is 19.8 Å². The number of ether oxygens (including phenoxy) is 2. The zero-order valence-electron chi connectivity index (χ0n) is 11.9. The van der Waals surface area contributed by atoms with Gasteiger partial charge >= 0.3 is 11.9 Å². The molecule has 1 N–H and O–H groups in total. The number of hydrogen-bond acceptors (Lipinski definition) is 5. The molecule has 0 aromatic heterocycles. The van der Waals surface area contributed by atoms with E-state index in [-0.39, 0.29) is 19.8 Å². The van der Waals surface area contributed by atoms with E-state index in [1.807, 2.05) is 0 Å². The van der Waals surface area contributed by atoms with Crippen LogP contribution < -0.4 is 0 Å². The fraction of sp³-hybridized carbons (Fsp3) is 0.375. The molecule has 0 saturated carbocycles. The van der Waals surface area contributed by atoms with Crippen LogP contribution in [0.25, 0.3) is 0 Å². The Morgan fingerprint density at radius 1 is 1.00 bits per heavy atom. The van der Waals surface area contributed by atoms with Gasteiger partial charge in [0.05, 0.1) is 24.3 Å². The third-order valence-electron chi connectivity index (χ3n) is 2.70. The molecule has 21 heavy (non-hydrogen) atoms. The predicted molar refractivity (Wildman–Crippen MR) is 78.1 cm³/mol. The summed E-state index contributed by atoms with van der Waals surface area (Å²) in [4.78, 5) is 23.3. The lowest BCUT2D eigenvalue weighted by Gasteiger charge is -2.06. The number of esters is 2. The maximum atomic E-state index is 11.7. The Labute approximate surface area is 124 Å². The second kappa shape index (κ2) is 9.72. The molecule has 1 aromatic rings. The molecule has 114 valence electrons. The van der Waals surface area contributed by atoms with Gasteiger partial charge in [-0.15, -0.1) is 6.58 Å². The molecule has 0 fully saturated rings. The van der Waals surface area contributed by atoms with Crippen molar-refractivity contribution in [2.24, 2.45) is 0 Å². The van der Waals surface area contributed by atoms with Crippen molar-refractivity contribution in [1.29, 1.82) is 0 Å². The Balaban J connectivity index is 2.47. The Kier molecular flexibility index (Phi) is 7.82. The summed E-state index contributed by atoms with van der Waals surface area (Å²) in [5.74, 6) is -0.876. The van der Waals surface area contributed by atoms with Crippen molar-refractivity contribution in [1.82, 2.24) is 0 Å². The van der Waals surface area contributed by atoms with Gasteiger partial charge in [0.2, 0.25) is 0 Å². The van der Waals surface area contributed by atoms with E-state index in [1.54, 1.807) is 6.08 Å². The Bertz CT molecular complexity index is 464. The van der Waals surface area contributed by atoms with Crippen LogP contribution in [0.4, 0.5) is 0 Å². The van der Waals surface area contributed by atoms with Crippen LogP contribution in [-0.4, -0.2) is 36.9 Å². The van der Waals surface area contributed by atoms with Crippen LogP contribution in [0.2, 0.25) is 0 Å². The van der Waals surface area contributed by atoms with Crippen molar-refractivity contribution in [2.45, 2.75) is 19.3 Å². The van der Waals surface area contributed by atoms with Crippen LogP contribution in [0.5, 0.6) is 0 Å². The lowest BCUT2D eigenvalue weighted by Crippen LogP contribution is -2.09. The molecular weight excluding hydrogens is 272 g/mol. The molecule has 0 bridgehead atoms. The quantitative estimate of drug-likeness (QED) is 0.429. The van der Waals surface area contributed by atoms with Gasteiger partial charge in [0.25, 0.3) is 0 Å². The van der Waals surface area contributed by atoms with Gasteiger partial charge in [-0.3, -0.25) is 0 Å². The zero-order valence-corrected chi connectivity index (χ0v) is 11.9. The SMILES string of the molecule is C=CCCOC(=O)c1ccc(C(=O)OCCCCO)cc1. The number of aliphatic hydroxyl groups excluding tert-OH is 1. The summed E-state index contributed by atoms with van der Waals surface area (Å²) in [5, 5.41) is 8.62. The van der Waals surface area contributed by atoms with Gasteiger partial charge < -0.3 is 14.6 Å². The van der Waals surface area contributed by atoms with Gasteiger partial charge in [-0.1, -0.05) is 6.08 Å². The smallest absolute Gasteiger partial charge is 0.338 e. The van der Waals surface area contributed by atoms with Crippen LogP contribution >= 0.6 is 0 Å². The highest BCUT2D eigenvalue weighted by atomic mass is 16.5. The zero-order chi connectivity index (χ0) is 15.5. The number of benzene rings is 1. The normalized spacial score (nSPS) is 9.95. The number of rotatable bonds is 9. The number of carbonyl (C=O) groups excluding carboxylic acids is 2. The van der Waals surface area contributed by atoms with Gasteiger partial charge in [-0.2, -0.15) is 0 Å². The fourth-order valence-electron chi connectivity index (χ4n) is 1.52. The first kappa shape index (κ1) is 16.9. The first-order valence-electron chi connectivity index (χ1n) is 6.85. The maximum absolute atomic E-state index is 11.7. The molecule has 0 radical (unpaired) electrons. The monoisotopic (exact) mass is 292 g/mol. The van der Waals surface area contributed by atoms with Crippen LogP contribution in [0.1, 0.15) is 40.0 Å². The summed E-state index contributed by atoms with van der Waals surface area (Å²) in [6.45, 7) is 4.18. The van der Waals surface area contributed by atoms with E-state index in [9.17, 15) is 9.59 Å². The van der Waals surface area contributed by atoms with Gasteiger partial charge in [0, 0.05) is 6.61 Å². The predicted octanol–water partition coefficient (Wildman–Crippen LogP) is 2.35. The molecule has 1 rings (SSSR count). The van der Waals surface area contributed by atoms with E-state index in [0.29, 0.717) is 30.4 Å². The number of hydrogen-bond donors (Lipinski definition) is 1. The van der Waals surface area contributed by atoms with E-state index in [0.717, 1.165) is 0 Å². The van der Waals surface area contributed by atoms with Crippen molar-refractivity contribution in [3.63, 3.8) is 0 Å². The largest absolute Gasteiger partial charge is 0.462 e. The Morgan fingerprint density at radius 2 is 1.52 bits per heavy atom. The third kappa shape index (κ3) is 6.23. The lowest BCUT2D eigenvalue weighted by atomic mass is 10.1. The first-order chi connectivity index (χ1) is 10.2. The first-order valence-corrected chi connectivity index (χ1v) is 6.85. The average molecular weight is 292 g/mol. The average Bonchev–Trinajstić information content (AvgIpc) is 2.51. The number of unbranched alkanes of at least 4 members (excludes halogenated alkanes) is 1. The molecule has 0 aliphatic rings. The van der Waals surface area contributed by atoms with Crippen LogP contribution in [0.3, 0.4) is 0 Å². The van der Waals surface area contributed by atoms with Crippen molar-refractivity contribution < 1.29 is 24.2 Å². The third-order valence-corrected chi connectivity index (χ3v) is 2.70. The molecule has 0 spiro atoms. The minimum atomic E-state index is -0.445. The highest BCUT2D eigenvalue weighted by Crippen LogP contribution is 2.08. The summed E-state index contributed by atoms with van der Waals surface area (Å²) in [7, 11) is 0. The minimum absolute atomic E-state index is 0.0835. The fourth-order valence-corrected chi connectivity index (χ4v) is 1.52. The molecule has 5 heteroatoms. The summed E-state index contributed by atoms with van der Waals surface area (Å²) < 4.78 is 10.0. The van der Waals surface area contributed by atoms with Gasteiger partial charge in [-0.25, -0.2) is 9.59 Å². The molecule has 0 amide bonds. The molecule has 0 atom stereocenters. The molecular formula is C16H20O5. The van der Waals surface area contributed by atoms with Gasteiger partial charge in [0.1, 0.15) is 0 Å². The van der Waals surface area contributed by atoms with Crippen LogP contribution in [0.15, 0.2) is 36.9 Å². The molecule has 1 aromatic carbocycles. The van der Waals surface area contributed by atoms with Gasteiger partial charge in [0.15, 0.2) is 0 Å². The standard InChI is InChI=1S/C16H20O5/c1-2-3-11-20-15(18)13-6-8-14(9-7-13)16(19)21-12-5-4-10-17/h2,6-9,17H,1,3-5,10-12H2. The van der Waals surface area contributed by atoms with E-state index >= 15 is 0 Å². The van der Waals surface area contributed by atoms with E-state index in [1.165, 1.54) is 24.3 Å². The molecule has 0 saturated heterocycles. The van der Waals surface area contributed by atoms with Crippen LogP contribution in [-0.2, 0) is 9.47 Å².